The predicted octanol–water partition coefficient (Wildman–Crippen LogP) is 7.11. The standard InChI is InChI=1S/C38H38N2O6/c1-42-33-16-13-30(21-36(33)43-2)23-39(24-31-14-17-34-37(22-31)45-27-44-34)26-32-15-18-35(46-32)38(41)40(25-29-11-7-4-8-12-29)20-19-28-9-5-3-6-10-28/h3-18,21-22H,19-20,23-27H2,1-2H3. The van der Waals surface area contributed by atoms with E-state index in [-0.39, 0.29) is 12.7 Å². The van der Waals surface area contributed by atoms with E-state index in [1.807, 2.05) is 95.9 Å². The molecule has 0 unspecified atom stereocenters. The van der Waals surface area contributed by atoms with Crippen molar-refractivity contribution in [2.45, 2.75) is 32.6 Å². The highest BCUT2D eigenvalue weighted by molar-refractivity contribution is 5.91. The van der Waals surface area contributed by atoms with Crippen LogP contribution in [0, 0.1) is 0 Å². The molecule has 1 amide bonds. The smallest absolute Gasteiger partial charge is 0.289 e. The van der Waals surface area contributed by atoms with E-state index in [1.54, 1.807) is 20.3 Å². The van der Waals surface area contributed by atoms with Gasteiger partial charge in [-0.15, -0.1) is 0 Å². The first kappa shape index (κ1) is 30.8. The Labute approximate surface area is 269 Å². The summed E-state index contributed by atoms with van der Waals surface area (Å²) in [6.45, 7) is 3.01. The number of rotatable bonds is 14. The van der Waals surface area contributed by atoms with Crippen molar-refractivity contribution in [1.82, 2.24) is 9.80 Å². The van der Waals surface area contributed by atoms with Crippen LogP contribution in [0.4, 0.5) is 0 Å². The fourth-order valence-electron chi connectivity index (χ4n) is 5.62. The Morgan fingerprint density at radius 1 is 0.652 bits per heavy atom. The number of amides is 1. The highest BCUT2D eigenvalue weighted by atomic mass is 16.7. The van der Waals surface area contributed by atoms with Crippen molar-refractivity contribution < 1.29 is 28.2 Å². The Balaban J connectivity index is 1.21. The summed E-state index contributed by atoms with van der Waals surface area (Å²) in [5.74, 6) is 3.73. The number of benzene rings is 4. The average Bonchev–Trinajstić information content (AvgIpc) is 3.77. The van der Waals surface area contributed by atoms with Crippen LogP contribution in [0.3, 0.4) is 0 Å². The van der Waals surface area contributed by atoms with Crippen LogP contribution < -0.4 is 18.9 Å². The molecule has 4 aromatic carbocycles. The fraction of sp³-hybridized carbons (Fsp3) is 0.237. The van der Waals surface area contributed by atoms with Crippen LogP contribution >= 0.6 is 0 Å². The molecule has 0 saturated carbocycles. The average molecular weight is 619 g/mol. The summed E-state index contributed by atoms with van der Waals surface area (Å²) < 4.78 is 28.4. The van der Waals surface area contributed by atoms with E-state index in [1.165, 1.54) is 5.56 Å². The summed E-state index contributed by atoms with van der Waals surface area (Å²) in [6.07, 6.45) is 0.752. The van der Waals surface area contributed by atoms with Gasteiger partial charge >= 0.3 is 0 Å². The summed E-state index contributed by atoms with van der Waals surface area (Å²) in [5, 5.41) is 0. The fourth-order valence-corrected chi connectivity index (χ4v) is 5.62. The number of nitrogens with zero attached hydrogens (tertiary/aromatic N) is 2. The third-order valence-corrected chi connectivity index (χ3v) is 7.97. The Kier molecular flexibility index (Phi) is 9.85. The minimum absolute atomic E-state index is 0.131. The van der Waals surface area contributed by atoms with E-state index in [0.717, 1.165) is 34.6 Å². The molecular weight excluding hydrogens is 580 g/mol. The van der Waals surface area contributed by atoms with Crippen molar-refractivity contribution in [2.75, 3.05) is 27.6 Å². The second kappa shape index (κ2) is 14.7. The summed E-state index contributed by atoms with van der Waals surface area (Å²) in [6, 6.07) is 35.9. The molecule has 1 aromatic heterocycles. The zero-order chi connectivity index (χ0) is 31.7. The molecule has 1 aliphatic heterocycles. The summed E-state index contributed by atoms with van der Waals surface area (Å²) >= 11 is 0. The maximum Gasteiger partial charge on any atom is 0.289 e. The van der Waals surface area contributed by atoms with Gasteiger partial charge < -0.3 is 28.3 Å². The van der Waals surface area contributed by atoms with E-state index in [2.05, 4.69) is 17.0 Å². The molecule has 8 nitrogen and oxygen atoms in total. The summed E-state index contributed by atoms with van der Waals surface area (Å²) in [4.78, 5) is 18.0. The van der Waals surface area contributed by atoms with Gasteiger partial charge in [-0.2, -0.15) is 0 Å². The number of carbonyl (C=O) groups excluding carboxylic acids is 1. The summed E-state index contributed by atoms with van der Waals surface area (Å²) in [7, 11) is 3.26. The molecule has 8 heteroatoms. The van der Waals surface area contributed by atoms with E-state index in [4.69, 9.17) is 23.4 Å². The number of furan rings is 1. The molecule has 0 atom stereocenters. The lowest BCUT2D eigenvalue weighted by molar-refractivity contribution is 0.0708. The molecule has 0 saturated heterocycles. The number of ether oxygens (including phenoxy) is 4. The molecule has 236 valence electrons. The van der Waals surface area contributed by atoms with Gasteiger partial charge in [0.2, 0.25) is 6.79 Å². The highest BCUT2D eigenvalue weighted by Crippen LogP contribution is 2.33. The van der Waals surface area contributed by atoms with E-state index < -0.39 is 0 Å². The normalized spacial score (nSPS) is 11.9. The van der Waals surface area contributed by atoms with Crippen molar-refractivity contribution in [2.24, 2.45) is 0 Å². The minimum atomic E-state index is -0.131. The highest BCUT2D eigenvalue weighted by Gasteiger charge is 2.22. The van der Waals surface area contributed by atoms with Gasteiger partial charge in [0.05, 0.1) is 20.8 Å². The molecule has 0 radical (unpaired) electrons. The van der Waals surface area contributed by atoms with Crippen LogP contribution in [0.15, 0.2) is 114 Å². The second-order valence-electron chi connectivity index (χ2n) is 11.2. The second-order valence-corrected chi connectivity index (χ2v) is 11.2. The molecule has 0 bridgehead atoms. The van der Waals surface area contributed by atoms with Crippen LogP contribution in [-0.4, -0.2) is 43.3 Å². The number of hydrogen-bond donors (Lipinski definition) is 0. The van der Waals surface area contributed by atoms with Gasteiger partial charge in [0.15, 0.2) is 28.8 Å². The first-order chi connectivity index (χ1) is 22.6. The molecular formula is C38H38N2O6. The molecule has 6 rings (SSSR count). The molecule has 2 heterocycles. The SMILES string of the molecule is COc1ccc(CN(Cc2ccc3c(c2)OCO3)Cc2ccc(C(=O)N(CCc3ccccc3)Cc3ccccc3)o2)cc1OC. The third kappa shape index (κ3) is 7.71. The number of carbonyl (C=O) groups is 1. The van der Waals surface area contributed by atoms with Gasteiger partial charge in [0.25, 0.3) is 5.91 Å². The van der Waals surface area contributed by atoms with Crippen LogP contribution in [0.5, 0.6) is 23.0 Å². The first-order valence-corrected chi connectivity index (χ1v) is 15.4. The van der Waals surface area contributed by atoms with Gasteiger partial charge in [0.1, 0.15) is 5.76 Å². The lowest BCUT2D eigenvalue weighted by Gasteiger charge is -2.23. The zero-order valence-electron chi connectivity index (χ0n) is 26.2. The van der Waals surface area contributed by atoms with Crippen LogP contribution in [0.2, 0.25) is 0 Å². The Morgan fingerprint density at radius 3 is 2.07 bits per heavy atom. The Morgan fingerprint density at radius 2 is 1.33 bits per heavy atom. The number of methoxy groups -OCH3 is 2. The zero-order valence-corrected chi connectivity index (χ0v) is 26.2. The number of hydrogen-bond acceptors (Lipinski definition) is 7. The molecule has 0 N–H and O–H groups in total. The third-order valence-electron chi connectivity index (χ3n) is 7.97. The van der Waals surface area contributed by atoms with Crippen LogP contribution in [-0.2, 0) is 32.6 Å². The van der Waals surface area contributed by atoms with E-state index in [9.17, 15) is 4.79 Å². The molecule has 5 aromatic rings. The van der Waals surface area contributed by atoms with Crippen molar-refractivity contribution in [1.29, 1.82) is 0 Å². The van der Waals surface area contributed by atoms with Crippen molar-refractivity contribution >= 4 is 5.91 Å². The van der Waals surface area contributed by atoms with Crippen molar-refractivity contribution in [3.8, 4) is 23.0 Å². The monoisotopic (exact) mass is 618 g/mol. The molecule has 0 spiro atoms. The largest absolute Gasteiger partial charge is 0.493 e. The topological polar surface area (TPSA) is 73.6 Å². The molecule has 0 aliphatic carbocycles. The van der Waals surface area contributed by atoms with Gasteiger partial charge in [-0.1, -0.05) is 72.8 Å². The van der Waals surface area contributed by atoms with Gasteiger partial charge in [-0.25, -0.2) is 0 Å². The lowest BCUT2D eigenvalue weighted by Crippen LogP contribution is -2.32. The van der Waals surface area contributed by atoms with E-state index >= 15 is 0 Å². The van der Waals surface area contributed by atoms with E-state index in [0.29, 0.717) is 55.7 Å². The maximum absolute atomic E-state index is 13.9. The van der Waals surface area contributed by atoms with Gasteiger partial charge in [-0.05, 0) is 65.1 Å². The quantitative estimate of drug-likeness (QED) is 0.131. The van der Waals surface area contributed by atoms with Crippen LogP contribution in [0.25, 0.3) is 0 Å². The lowest BCUT2D eigenvalue weighted by atomic mass is 10.1. The Hall–Kier alpha value is -5.21. The first-order valence-electron chi connectivity index (χ1n) is 15.4. The van der Waals surface area contributed by atoms with Gasteiger partial charge in [0, 0.05) is 26.2 Å². The Bertz CT molecular complexity index is 1740. The van der Waals surface area contributed by atoms with Crippen LogP contribution in [0.1, 0.15) is 38.6 Å². The number of fused-ring (bicyclic) bond motifs is 1. The molecule has 1 aliphatic rings. The predicted molar refractivity (Wildman–Crippen MR) is 175 cm³/mol. The minimum Gasteiger partial charge on any atom is -0.493 e. The van der Waals surface area contributed by atoms with Gasteiger partial charge in [-0.3, -0.25) is 9.69 Å². The molecule has 46 heavy (non-hydrogen) atoms. The maximum atomic E-state index is 13.9. The summed E-state index contributed by atoms with van der Waals surface area (Å²) in [5.41, 5.74) is 4.38. The molecule has 0 fully saturated rings. The van der Waals surface area contributed by atoms with Crippen molar-refractivity contribution in [3.05, 3.63) is 143 Å². The van der Waals surface area contributed by atoms with Crippen molar-refractivity contribution in [3.63, 3.8) is 0 Å².